The second kappa shape index (κ2) is 29.8. The van der Waals surface area contributed by atoms with Crippen LogP contribution in [0.1, 0.15) is 74.2 Å². The molecule has 0 saturated heterocycles. The summed E-state index contributed by atoms with van der Waals surface area (Å²) < 4.78 is 28.5. The third-order valence-corrected chi connectivity index (χ3v) is 10.9. The van der Waals surface area contributed by atoms with Gasteiger partial charge in [-0.15, -0.1) is 0 Å². The Kier molecular flexibility index (Phi) is 23.9. The van der Waals surface area contributed by atoms with Crippen LogP contribution in [0.25, 0.3) is 0 Å². The zero-order valence-electron chi connectivity index (χ0n) is 37.9. The molecule has 0 radical (unpaired) electrons. The summed E-state index contributed by atoms with van der Waals surface area (Å²) >= 11 is 2.18. The van der Waals surface area contributed by atoms with Crippen molar-refractivity contribution < 1.29 is 52.5 Å². The van der Waals surface area contributed by atoms with Crippen molar-refractivity contribution in [2.45, 2.75) is 71.6 Å². The van der Waals surface area contributed by atoms with Crippen LogP contribution >= 0.6 is 22.6 Å². The van der Waals surface area contributed by atoms with Crippen molar-refractivity contribution in [2.24, 2.45) is 0 Å². The predicted molar refractivity (Wildman–Crippen MR) is 257 cm³/mol. The van der Waals surface area contributed by atoms with E-state index in [-0.39, 0.29) is 44.3 Å². The molecule has 0 saturated carbocycles. The number of Topliss-reactive ketones (excluding diaryl/α,β-unsaturated/α-hetero) is 1. The third kappa shape index (κ3) is 20.2. The van der Waals surface area contributed by atoms with Gasteiger partial charge in [-0.1, -0.05) is 78.4 Å². The third-order valence-electron chi connectivity index (χ3n) is 10.1. The Balaban J connectivity index is 1.19. The minimum absolute atomic E-state index is 0.00460. The maximum Gasteiger partial charge on any atom is 0.408 e. The molecule has 4 aromatic carbocycles. The fourth-order valence-electron chi connectivity index (χ4n) is 6.80. The van der Waals surface area contributed by atoms with E-state index in [0.717, 1.165) is 31.4 Å². The number of nitrogens with one attached hydrogen (secondary N) is 4. The van der Waals surface area contributed by atoms with Gasteiger partial charge in [0.2, 0.25) is 11.8 Å². The van der Waals surface area contributed by atoms with Crippen molar-refractivity contribution in [3.05, 3.63) is 140 Å². The van der Waals surface area contributed by atoms with E-state index in [1.807, 2.05) is 91.9 Å². The van der Waals surface area contributed by atoms with Gasteiger partial charge in [-0.25, -0.2) is 9.59 Å². The minimum atomic E-state index is -1.10. The van der Waals surface area contributed by atoms with E-state index in [1.165, 1.54) is 0 Å². The van der Waals surface area contributed by atoms with Crippen LogP contribution in [0, 0.1) is 24.3 Å². The molecule has 0 aliphatic carbocycles. The summed E-state index contributed by atoms with van der Waals surface area (Å²) in [5, 5.41) is 11.1. The van der Waals surface area contributed by atoms with Crippen LogP contribution < -0.4 is 21.3 Å². The number of hydrogen-bond acceptors (Lipinski definition) is 11. The molecule has 4 amide bonds. The lowest BCUT2D eigenvalue weighted by Crippen LogP contribution is -2.53. The van der Waals surface area contributed by atoms with Crippen LogP contribution in [0.3, 0.4) is 0 Å². The first-order valence-electron chi connectivity index (χ1n) is 22.0. The molecule has 15 nitrogen and oxygen atoms in total. The summed E-state index contributed by atoms with van der Waals surface area (Å²) in [4.78, 5) is 78.4. The Hall–Kier alpha value is -5.69. The number of unbranched alkanes of at least 4 members (excludes halogenated alkanes) is 1. The van der Waals surface area contributed by atoms with Crippen LogP contribution in [0.5, 0.6) is 0 Å². The van der Waals surface area contributed by atoms with Gasteiger partial charge in [-0.05, 0) is 109 Å². The van der Waals surface area contributed by atoms with Crippen LogP contribution in [0.15, 0.2) is 97.1 Å². The molecule has 4 N–H and O–H groups in total. The standard InChI is InChI=1S/C50H61IN4O11/c1-35-30-36(2)46(37(3)31-35)49(60)65-34-44(56)42(54-48(59)43(32-38-12-6-4-7-13-38)55-50(61)66-33-39-14-8-5-9-15-39)16-10-11-22-52-45(57)21-24-62-26-28-64-29-27-63-25-23-53-47(58)40-17-19-41(51)20-18-40/h4-9,12-15,17-20,30-31,42-43H,10-11,16,21-29,32-34H2,1-3H3,(H,52,57)(H,53,58)(H,54,59)(H,55,61)/t42-,43-/m0/s1. The van der Waals surface area contributed by atoms with Crippen molar-refractivity contribution in [1.29, 1.82) is 0 Å². The molecule has 0 aliphatic rings. The molecular weight excluding hydrogens is 959 g/mol. The van der Waals surface area contributed by atoms with Crippen LogP contribution in [0.4, 0.5) is 4.79 Å². The number of hydrogen-bond donors (Lipinski definition) is 4. The van der Waals surface area contributed by atoms with Gasteiger partial charge >= 0.3 is 12.1 Å². The number of rotatable bonds is 29. The maximum absolute atomic E-state index is 13.9. The van der Waals surface area contributed by atoms with Gasteiger partial charge < -0.3 is 45.0 Å². The topological polar surface area (TPSA) is 197 Å². The average Bonchev–Trinajstić information content (AvgIpc) is 3.30. The summed E-state index contributed by atoms with van der Waals surface area (Å²) in [6.07, 6.45) is 0.543. The maximum atomic E-state index is 13.9. The number of aryl methyl sites for hydroxylation is 3. The number of halogens is 1. The number of ether oxygens (including phenoxy) is 5. The molecule has 16 heteroatoms. The first-order chi connectivity index (χ1) is 31.9. The minimum Gasteiger partial charge on any atom is -0.454 e. The number of carbonyl (C=O) groups is 6. The SMILES string of the molecule is Cc1cc(C)c(C(=O)OCC(=O)[C@H](CCCCNC(=O)CCOCCOCCOCCNC(=O)c2ccc(I)cc2)NC(=O)[C@H](Cc2ccccc2)NC(=O)OCc2ccccc2)c(C)c1. The fraction of sp³-hybridized carbons (Fsp3) is 0.400. The van der Waals surface area contributed by atoms with Crippen LogP contribution in [-0.2, 0) is 51.1 Å². The highest BCUT2D eigenvalue weighted by Gasteiger charge is 2.28. The largest absolute Gasteiger partial charge is 0.454 e. The number of alkyl carbamates (subject to hydrolysis) is 1. The van der Waals surface area contributed by atoms with Crippen LogP contribution in [-0.4, -0.2) is 107 Å². The monoisotopic (exact) mass is 1020 g/mol. The van der Waals surface area contributed by atoms with Crippen molar-refractivity contribution >= 4 is 58.2 Å². The lowest BCUT2D eigenvalue weighted by atomic mass is 10.00. The Morgan fingerprint density at radius 2 is 1.23 bits per heavy atom. The summed E-state index contributed by atoms with van der Waals surface area (Å²) in [6, 6.07) is 27.1. The fourth-order valence-corrected chi connectivity index (χ4v) is 7.16. The Morgan fingerprint density at radius 3 is 1.88 bits per heavy atom. The van der Waals surface area contributed by atoms with E-state index in [0.29, 0.717) is 70.1 Å². The lowest BCUT2D eigenvalue weighted by molar-refractivity contribution is -0.130. The van der Waals surface area contributed by atoms with Crippen molar-refractivity contribution in [1.82, 2.24) is 21.3 Å². The highest BCUT2D eigenvalue weighted by Crippen LogP contribution is 2.18. The summed E-state index contributed by atoms with van der Waals surface area (Å²) in [7, 11) is 0. The van der Waals surface area contributed by atoms with E-state index in [2.05, 4.69) is 43.9 Å². The lowest BCUT2D eigenvalue weighted by Gasteiger charge is -2.23. The van der Waals surface area contributed by atoms with Gasteiger partial charge in [0.1, 0.15) is 12.6 Å². The van der Waals surface area contributed by atoms with E-state index in [1.54, 1.807) is 26.0 Å². The van der Waals surface area contributed by atoms with E-state index < -0.39 is 42.4 Å². The second-order valence-electron chi connectivity index (χ2n) is 15.5. The molecule has 0 unspecified atom stereocenters. The quantitative estimate of drug-likeness (QED) is 0.0278. The molecule has 0 fully saturated rings. The number of ketones is 1. The molecule has 2 atom stereocenters. The number of esters is 1. The molecule has 0 aromatic heterocycles. The molecule has 66 heavy (non-hydrogen) atoms. The first-order valence-corrected chi connectivity index (χ1v) is 23.1. The van der Waals surface area contributed by atoms with E-state index in [9.17, 15) is 28.8 Å². The molecule has 0 spiro atoms. The van der Waals surface area contributed by atoms with Gasteiger partial charge in [0.25, 0.3) is 5.91 Å². The summed E-state index contributed by atoms with van der Waals surface area (Å²) in [5.74, 6) is -2.15. The van der Waals surface area contributed by atoms with Crippen LogP contribution in [0.2, 0.25) is 0 Å². The molecular formula is C50H61IN4O11. The van der Waals surface area contributed by atoms with E-state index >= 15 is 0 Å². The highest BCUT2D eigenvalue weighted by atomic mass is 127. The molecule has 0 heterocycles. The Bertz CT molecular complexity index is 2130. The highest BCUT2D eigenvalue weighted by molar-refractivity contribution is 14.1. The predicted octanol–water partition coefficient (Wildman–Crippen LogP) is 6.12. The number of amides is 4. The van der Waals surface area contributed by atoms with Gasteiger partial charge in [0.05, 0.1) is 51.2 Å². The number of benzene rings is 4. The van der Waals surface area contributed by atoms with Gasteiger partial charge in [-0.2, -0.15) is 0 Å². The zero-order chi connectivity index (χ0) is 47.5. The smallest absolute Gasteiger partial charge is 0.408 e. The van der Waals surface area contributed by atoms with E-state index in [4.69, 9.17) is 23.7 Å². The molecule has 4 rings (SSSR count). The van der Waals surface area contributed by atoms with Crippen molar-refractivity contribution in [3.8, 4) is 0 Å². The summed E-state index contributed by atoms with van der Waals surface area (Å²) in [6.45, 7) is 7.55. The normalized spacial score (nSPS) is 11.8. The Labute approximate surface area is 400 Å². The van der Waals surface area contributed by atoms with Crippen molar-refractivity contribution in [3.63, 3.8) is 0 Å². The number of carbonyl (C=O) groups excluding carboxylic acids is 6. The second-order valence-corrected chi connectivity index (χ2v) is 16.8. The average molecular weight is 1020 g/mol. The molecule has 0 bridgehead atoms. The zero-order valence-corrected chi connectivity index (χ0v) is 40.0. The summed E-state index contributed by atoms with van der Waals surface area (Å²) in [5.41, 5.74) is 4.94. The first kappa shape index (κ1) is 52.9. The van der Waals surface area contributed by atoms with Crippen molar-refractivity contribution in [2.75, 3.05) is 59.3 Å². The van der Waals surface area contributed by atoms with Gasteiger partial charge in [0, 0.05) is 35.1 Å². The Morgan fingerprint density at radius 1 is 0.621 bits per heavy atom. The molecule has 0 aliphatic heterocycles. The molecule has 354 valence electrons. The van der Waals surface area contributed by atoms with Gasteiger partial charge in [-0.3, -0.25) is 19.2 Å². The molecule has 4 aromatic rings. The van der Waals surface area contributed by atoms with Gasteiger partial charge in [0.15, 0.2) is 12.4 Å².